The number of amides is 2. The third-order valence-electron chi connectivity index (χ3n) is 3.78. The predicted octanol–water partition coefficient (Wildman–Crippen LogP) is 3.94. The van der Waals surface area contributed by atoms with Gasteiger partial charge in [-0.05, 0) is 48.2 Å². The number of aryl methyl sites for hydroxylation is 2. The van der Waals surface area contributed by atoms with Gasteiger partial charge in [-0.15, -0.1) is 0 Å². The molecule has 0 unspecified atom stereocenters. The summed E-state index contributed by atoms with van der Waals surface area (Å²) in [4.78, 5) is 24.3. The standard InChI is InChI=1S/C19H21BrN2O2/c1-3-13-6-5-7-14(4-2)18(13)22-17(23)12-21-19(24)15-8-10-16(20)11-9-15/h5-11H,3-4,12H2,1-2H3,(H,21,24)(H,22,23). The number of para-hydroxylation sites is 1. The highest BCUT2D eigenvalue weighted by Crippen LogP contribution is 2.22. The molecule has 0 aromatic heterocycles. The second-order valence-electron chi connectivity index (χ2n) is 5.40. The van der Waals surface area contributed by atoms with Crippen molar-refractivity contribution in [1.82, 2.24) is 5.32 Å². The Morgan fingerprint density at radius 1 is 0.958 bits per heavy atom. The summed E-state index contributed by atoms with van der Waals surface area (Å²) in [5.41, 5.74) is 3.59. The summed E-state index contributed by atoms with van der Waals surface area (Å²) in [5.74, 6) is -0.492. The lowest BCUT2D eigenvalue weighted by Crippen LogP contribution is -2.33. The van der Waals surface area contributed by atoms with E-state index in [-0.39, 0.29) is 18.4 Å². The lowest BCUT2D eigenvalue weighted by Gasteiger charge is -2.14. The molecule has 0 aliphatic rings. The van der Waals surface area contributed by atoms with Crippen molar-refractivity contribution in [2.45, 2.75) is 26.7 Å². The maximum absolute atomic E-state index is 12.2. The van der Waals surface area contributed by atoms with Crippen molar-refractivity contribution in [3.63, 3.8) is 0 Å². The molecule has 0 bridgehead atoms. The highest BCUT2D eigenvalue weighted by molar-refractivity contribution is 9.10. The van der Waals surface area contributed by atoms with Gasteiger partial charge >= 0.3 is 0 Å². The molecule has 5 heteroatoms. The van der Waals surface area contributed by atoms with E-state index in [9.17, 15) is 9.59 Å². The van der Waals surface area contributed by atoms with Gasteiger partial charge in [-0.1, -0.05) is 48.0 Å². The summed E-state index contributed by atoms with van der Waals surface area (Å²) in [6.07, 6.45) is 1.68. The average molecular weight is 389 g/mol. The predicted molar refractivity (Wildman–Crippen MR) is 100 cm³/mol. The summed E-state index contributed by atoms with van der Waals surface area (Å²) < 4.78 is 0.903. The summed E-state index contributed by atoms with van der Waals surface area (Å²) in [5, 5.41) is 5.58. The molecule has 0 radical (unpaired) electrons. The van der Waals surface area contributed by atoms with Gasteiger partial charge in [0, 0.05) is 15.7 Å². The molecule has 0 spiro atoms. The van der Waals surface area contributed by atoms with Gasteiger partial charge in [-0.25, -0.2) is 0 Å². The van der Waals surface area contributed by atoms with Gasteiger partial charge in [-0.3, -0.25) is 9.59 Å². The highest BCUT2D eigenvalue weighted by Gasteiger charge is 2.12. The van der Waals surface area contributed by atoms with E-state index >= 15 is 0 Å². The van der Waals surface area contributed by atoms with E-state index in [0.29, 0.717) is 5.56 Å². The Morgan fingerprint density at radius 3 is 2.08 bits per heavy atom. The molecule has 2 rings (SSSR count). The van der Waals surface area contributed by atoms with Crippen LogP contribution in [-0.4, -0.2) is 18.4 Å². The first-order valence-electron chi connectivity index (χ1n) is 7.99. The number of halogens is 1. The number of benzene rings is 2. The van der Waals surface area contributed by atoms with Crippen LogP contribution in [0, 0.1) is 0 Å². The van der Waals surface area contributed by atoms with Crippen molar-refractivity contribution < 1.29 is 9.59 Å². The molecular weight excluding hydrogens is 368 g/mol. The molecular formula is C19H21BrN2O2. The van der Waals surface area contributed by atoms with E-state index in [0.717, 1.165) is 34.1 Å². The summed E-state index contributed by atoms with van der Waals surface area (Å²) >= 11 is 3.33. The fourth-order valence-corrected chi connectivity index (χ4v) is 2.71. The van der Waals surface area contributed by atoms with Crippen LogP contribution < -0.4 is 10.6 Å². The van der Waals surface area contributed by atoms with Crippen LogP contribution in [0.3, 0.4) is 0 Å². The van der Waals surface area contributed by atoms with E-state index in [1.54, 1.807) is 24.3 Å². The molecule has 0 aliphatic carbocycles. The van der Waals surface area contributed by atoms with E-state index in [4.69, 9.17) is 0 Å². The molecule has 2 aromatic carbocycles. The molecule has 0 atom stereocenters. The zero-order chi connectivity index (χ0) is 17.5. The van der Waals surface area contributed by atoms with Crippen molar-refractivity contribution in [3.05, 3.63) is 63.6 Å². The summed E-state index contributed by atoms with van der Waals surface area (Å²) in [6, 6.07) is 13.0. The zero-order valence-corrected chi connectivity index (χ0v) is 15.4. The molecule has 0 saturated carbocycles. The lowest BCUT2D eigenvalue weighted by molar-refractivity contribution is -0.115. The van der Waals surface area contributed by atoms with Gasteiger partial charge < -0.3 is 10.6 Å². The quantitative estimate of drug-likeness (QED) is 0.786. The van der Waals surface area contributed by atoms with Crippen LogP contribution in [0.2, 0.25) is 0 Å². The molecule has 0 aliphatic heterocycles. The second-order valence-corrected chi connectivity index (χ2v) is 6.31. The summed E-state index contributed by atoms with van der Waals surface area (Å²) in [6.45, 7) is 4.05. The molecule has 2 amide bonds. The Bertz CT molecular complexity index is 704. The molecule has 0 heterocycles. The number of carbonyl (C=O) groups is 2. The van der Waals surface area contributed by atoms with Gasteiger partial charge in [0.05, 0.1) is 6.54 Å². The van der Waals surface area contributed by atoms with E-state index in [1.165, 1.54) is 0 Å². The van der Waals surface area contributed by atoms with Crippen molar-refractivity contribution >= 4 is 33.4 Å². The monoisotopic (exact) mass is 388 g/mol. The molecule has 2 aromatic rings. The Kier molecular flexibility index (Phi) is 6.55. The van der Waals surface area contributed by atoms with Gasteiger partial charge in [0.15, 0.2) is 0 Å². The minimum Gasteiger partial charge on any atom is -0.343 e. The minimum absolute atomic E-state index is 0.0594. The van der Waals surface area contributed by atoms with Gasteiger partial charge in [0.25, 0.3) is 5.91 Å². The molecule has 0 fully saturated rings. The Labute approximate surface area is 150 Å². The van der Waals surface area contributed by atoms with Crippen LogP contribution in [0.15, 0.2) is 46.9 Å². The third kappa shape index (κ3) is 4.68. The van der Waals surface area contributed by atoms with Crippen LogP contribution in [0.1, 0.15) is 35.3 Å². The number of carbonyl (C=O) groups excluding carboxylic acids is 2. The first kappa shape index (κ1) is 18.2. The topological polar surface area (TPSA) is 58.2 Å². The lowest BCUT2D eigenvalue weighted by atomic mass is 10.0. The Morgan fingerprint density at radius 2 is 1.54 bits per heavy atom. The van der Waals surface area contributed by atoms with Crippen LogP contribution in [-0.2, 0) is 17.6 Å². The van der Waals surface area contributed by atoms with Gasteiger partial charge in [-0.2, -0.15) is 0 Å². The smallest absolute Gasteiger partial charge is 0.251 e. The van der Waals surface area contributed by atoms with Crippen LogP contribution in [0.25, 0.3) is 0 Å². The maximum atomic E-state index is 12.2. The molecule has 2 N–H and O–H groups in total. The van der Waals surface area contributed by atoms with Crippen molar-refractivity contribution in [2.75, 3.05) is 11.9 Å². The largest absolute Gasteiger partial charge is 0.343 e. The highest BCUT2D eigenvalue weighted by atomic mass is 79.9. The van der Waals surface area contributed by atoms with Gasteiger partial charge in [0.2, 0.25) is 5.91 Å². The van der Waals surface area contributed by atoms with Gasteiger partial charge in [0.1, 0.15) is 0 Å². The zero-order valence-electron chi connectivity index (χ0n) is 13.9. The normalized spacial score (nSPS) is 10.3. The molecule has 126 valence electrons. The number of hydrogen-bond donors (Lipinski definition) is 2. The third-order valence-corrected chi connectivity index (χ3v) is 4.31. The second kappa shape index (κ2) is 8.64. The number of nitrogens with one attached hydrogen (secondary N) is 2. The maximum Gasteiger partial charge on any atom is 0.251 e. The molecule has 24 heavy (non-hydrogen) atoms. The van der Waals surface area contributed by atoms with E-state index in [1.807, 2.05) is 18.2 Å². The first-order valence-corrected chi connectivity index (χ1v) is 8.78. The van der Waals surface area contributed by atoms with Crippen LogP contribution in [0.4, 0.5) is 5.69 Å². The fraction of sp³-hybridized carbons (Fsp3) is 0.263. The van der Waals surface area contributed by atoms with Crippen LogP contribution >= 0.6 is 15.9 Å². The van der Waals surface area contributed by atoms with Crippen molar-refractivity contribution in [3.8, 4) is 0 Å². The number of hydrogen-bond acceptors (Lipinski definition) is 2. The SMILES string of the molecule is CCc1cccc(CC)c1NC(=O)CNC(=O)c1ccc(Br)cc1. The van der Waals surface area contributed by atoms with Crippen LogP contribution in [0.5, 0.6) is 0 Å². The number of rotatable bonds is 6. The molecule has 4 nitrogen and oxygen atoms in total. The first-order chi connectivity index (χ1) is 11.5. The van der Waals surface area contributed by atoms with Crippen molar-refractivity contribution in [1.29, 1.82) is 0 Å². The fourth-order valence-electron chi connectivity index (χ4n) is 2.45. The number of anilines is 1. The summed E-state index contributed by atoms with van der Waals surface area (Å²) in [7, 11) is 0. The van der Waals surface area contributed by atoms with Crippen molar-refractivity contribution in [2.24, 2.45) is 0 Å². The average Bonchev–Trinajstić information content (AvgIpc) is 2.60. The Hall–Kier alpha value is -2.14. The Balaban J connectivity index is 1.99. The minimum atomic E-state index is -0.267. The van der Waals surface area contributed by atoms with E-state index < -0.39 is 0 Å². The van der Waals surface area contributed by atoms with E-state index in [2.05, 4.69) is 40.4 Å². The molecule has 0 saturated heterocycles.